The molecular formula is C18H19N3O4. The molecule has 3 aromatic rings. The fourth-order valence-electron chi connectivity index (χ4n) is 2.59. The van der Waals surface area contributed by atoms with Crippen LogP contribution in [0.2, 0.25) is 0 Å². The molecule has 0 amide bonds. The van der Waals surface area contributed by atoms with E-state index in [2.05, 4.69) is 4.98 Å². The highest BCUT2D eigenvalue weighted by atomic mass is 16.6. The third kappa shape index (κ3) is 3.95. The van der Waals surface area contributed by atoms with Gasteiger partial charge in [-0.25, -0.2) is 4.98 Å². The molecule has 1 heterocycles. The second-order valence-electron chi connectivity index (χ2n) is 5.79. The number of aliphatic hydroxyl groups excluding tert-OH is 1. The lowest BCUT2D eigenvalue weighted by molar-refractivity contribution is -0.384. The number of benzene rings is 2. The first-order valence-electron chi connectivity index (χ1n) is 8.08. The number of fused-ring (bicyclic) bond motifs is 1. The van der Waals surface area contributed by atoms with Crippen molar-refractivity contribution in [2.75, 3.05) is 11.4 Å². The maximum Gasteiger partial charge on any atom is 0.271 e. The summed E-state index contributed by atoms with van der Waals surface area (Å²) in [4.78, 5) is 16.8. The average molecular weight is 341 g/mol. The van der Waals surface area contributed by atoms with Gasteiger partial charge in [0.1, 0.15) is 5.52 Å². The van der Waals surface area contributed by atoms with Crippen LogP contribution >= 0.6 is 0 Å². The molecule has 0 fully saturated rings. The van der Waals surface area contributed by atoms with Gasteiger partial charge in [0.05, 0.1) is 17.6 Å². The first-order valence-corrected chi connectivity index (χ1v) is 8.08. The van der Waals surface area contributed by atoms with Crippen LogP contribution in [-0.4, -0.2) is 27.7 Å². The minimum Gasteiger partial charge on any atom is -0.439 e. The smallest absolute Gasteiger partial charge is 0.271 e. The molecule has 0 saturated heterocycles. The monoisotopic (exact) mass is 341 g/mol. The van der Waals surface area contributed by atoms with E-state index in [1.807, 2.05) is 42.2 Å². The number of nitro benzene ring substituents is 1. The van der Waals surface area contributed by atoms with Crippen LogP contribution in [0.4, 0.5) is 11.4 Å². The molecule has 7 heteroatoms. The molecule has 2 aromatic carbocycles. The Kier molecular flexibility index (Phi) is 4.95. The molecule has 0 bridgehead atoms. The highest BCUT2D eigenvalue weighted by Gasteiger charge is 2.16. The average Bonchev–Trinajstić information content (AvgIpc) is 3.03. The number of aliphatic hydroxyl groups is 1. The second-order valence-corrected chi connectivity index (χ2v) is 5.79. The maximum atomic E-state index is 10.9. The van der Waals surface area contributed by atoms with Crippen molar-refractivity contribution in [2.24, 2.45) is 0 Å². The summed E-state index contributed by atoms with van der Waals surface area (Å²) in [5.41, 5.74) is 1.88. The molecular weight excluding hydrogens is 322 g/mol. The summed E-state index contributed by atoms with van der Waals surface area (Å²) < 4.78 is 5.71. The van der Waals surface area contributed by atoms with Crippen molar-refractivity contribution in [2.45, 2.75) is 26.0 Å². The Hall–Kier alpha value is -2.93. The van der Waals surface area contributed by atoms with E-state index in [4.69, 9.17) is 4.42 Å². The third-order valence-electron chi connectivity index (χ3n) is 3.98. The predicted octanol–water partition coefficient (Wildman–Crippen LogP) is 3.51. The van der Waals surface area contributed by atoms with Crippen LogP contribution in [0, 0.1) is 10.1 Å². The minimum atomic E-state index is -0.467. The highest BCUT2D eigenvalue weighted by Crippen LogP contribution is 2.24. The van der Waals surface area contributed by atoms with Crippen molar-refractivity contribution in [3.63, 3.8) is 0 Å². The van der Waals surface area contributed by atoms with Gasteiger partial charge in [-0.1, -0.05) is 25.1 Å². The number of nitrogens with zero attached hydrogens (tertiary/aromatic N) is 3. The van der Waals surface area contributed by atoms with Crippen LogP contribution < -0.4 is 4.90 Å². The molecule has 0 spiro atoms. The molecule has 1 aromatic heterocycles. The van der Waals surface area contributed by atoms with Gasteiger partial charge in [-0.3, -0.25) is 10.1 Å². The van der Waals surface area contributed by atoms with Gasteiger partial charge in [-0.2, -0.15) is 0 Å². The number of oxazole rings is 1. The zero-order chi connectivity index (χ0) is 17.8. The van der Waals surface area contributed by atoms with E-state index in [1.165, 1.54) is 12.1 Å². The Labute approximate surface area is 144 Å². The van der Waals surface area contributed by atoms with Crippen LogP contribution in [0.5, 0.6) is 0 Å². The molecule has 0 aliphatic carbocycles. The van der Waals surface area contributed by atoms with Crippen LogP contribution in [0.1, 0.15) is 19.2 Å². The molecule has 3 rings (SSSR count). The zero-order valence-corrected chi connectivity index (χ0v) is 13.8. The molecule has 25 heavy (non-hydrogen) atoms. The molecule has 0 saturated carbocycles. The van der Waals surface area contributed by atoms with Gasteiger partial charge in [-0.15, -0.1) is 0 Å². The highest BCUT2D eigenvalue weighted by molar-refractivity contribution is 5.75. The second kappa shape index (κ2) is 7.31. The molecule has 7 nitrogen and oxygen atoms in total. The predicted molar refractivity (Wildman–Crippen MR) is 94.5 cm³/mol. The Morgan fingerprint density at radius 1 is 1.28 bits per heavy atom. The molecule has 0 aliphatic rings. The summed E-state index contributed by atoms with van der Waals surface area (Å²) in [5.74, 6) is 0.447. The normalized spacial score (nSPS) is 12.2. The summed E-state index contributed by atoms with van der Waals surface area (Å²) in [6, 6.07) is 14.0. The fourth-order valence-corrected chi connectivity index (χ4v) is 2.59. The van der Waals surface area contributed by atoms with E-state index >= 15 is 0 Å². The lowest BCUT2D eigenvalue weighted by Crippen LogP contribution is -2.31. The number of non-ortho nitro benzene ring substituents is 1. The Morgan fingerprint density at radius 2 is 2.04 bits per heavy atom. The largest absolute Gasteiger partial charge is 0.439 e. The van der Waals surface area contributed by atoms with Crippen LogP contribution in [0.3, 0.4) is 0 Å². The molecule has 0 radical (unpaired) electrons. The molecule has 0 aliphatic heterocycles. The number of hydrogen-bond donors (Lipinski definition) is 1. The van der Waals surface area contributed by atoms with Gasteiger partial charge in [0.25, 0.3) is 5.69 Å². The summed E-state index contributed by atoms with van der Waals surface area (Å²) in [7, 11) is 0. The van der Waals surface area contributed by atoms with Gasteiger partial charge >= 0.3 is 0 Å². The number of para-hydroxylation sites is 1. The van der Waals surface area contributed by atoms with Crippen molar-refractivity contribution >= 4 is 22.5 Å². The molecule has 1 atom stereocenters. The first-order chi connectivity index (χ1) is 12.1. The van der Waals surface area contributed by atoms with Crippen molar-refractivity contribution in [3.05, 3.63) is 64.5 Å². The third-order valence-corrected chi connectivity index (χ3v) is 3.98. The van der Waals surface area contributed by atoms with Crippen molar-refractivity contribution in [1.29, 1.82) is 0 Å². The van der Waals surface area contributed by atoms with Gasteiger partial charge in [-0.05, 0) is 24.6 Å². The van der Waals surface area contributed by atoms with Gasteiger partial charge < -0.3 is 14.4 Å². The summed E-state index contributed by atoms with van der Waals surface area (Å²) in [5, 5.41) is 20.9. The van der Waals surface area contributed by atoms with Gasteiger partial charge in [0, 0.05) is 24.4 Å². The number of nitro groups is 1. The summed E-state index contributed by atoms with van der Waals surface area (Å²) >= 11 is 0. The lowest BCUT2D eigenvalue weighted by atomic mass is 10.2. The SMILES string of the molecule is CCC(O)CN(Cc1nc2cc([N+](=O)[O-])ccc2o1)c1ccccc1. The van der Waals surface area contributed by atoms with Crippen LogP contribution in [-0.2, 0) is 6.54 Å². The molecule has 1 unspecified atom stereocenters. The molecule has 130 valence electrons. The molecule has 1 N–H and O–H groups in total. The van der Waals surface area contributed by atoms with E-state index in [-0.39, 0.29) is 5.69 Å². The number of anilines is 1. The van der Waals surface area contributed by atoms with Crippen molar-refractivity contribution in [1.82, 2.24) is 4.98 Å². The van der Waals surface area contributed by atoms with Gasteiger partial charge in [0.2, 0.25) is 5.89 Å². The van der Waals surface area contributed by atoms with Crippen molar-refractivity contribution in [3.8, 4) is 0 Å². The fraction of sp³-hybridized carbons (Fsp3) is 0.278. The Bertz CT molecular complexity index is 863. The Balaban J connectivity index is 1.88. The summed E-state index contributed by atoms with van der Waals surface area (Å²) in [6.07, 6.45) is 0.175. The van der Waals surface area contributed by atoms with Crippen molar-refractivity contribution < 1.29 is 14.4 Å². The van der Waals surface area contributed by atoms with Crippen LogP contribution in [0.25, 0.3) is 11.1 Å². The minimum absolute atomic E-state index is 0.0197. The number of aromatic nitrogens is 1. The van der Waals surface area contributed by atoms with E-state index in [9.17, 15) is 15.2 Å². The van der Waals surface area contributed by atoms with E-state index < -0.39 is 11.0 Å². The topological polar surface area (TPSA) is 92.6 Å². The van der Waals surface area contributed by atoms with Gasteiger partial charge in [0.15, 0.2) is 5.58 Å². The zero-order valence-electron chi connectivity index (χ0n) is 13.8. The van der Waals surface area contributed by atoms with E-state index in [0.29, 0.717) is 36.5 Å². The number of hydrogen-bond acceptors (Lipinski definition) is 6. The maximum absolute atomic E-state index is 10.9. The van der Waals surface area contributed by atoms with E-state index in [1.54, 1.807) is 6.07 Å². The first kappa shape index (κ1) is 16.9. The summed E-state index contributed by atoms with van der Waals surface area (Å²) in [6.45, 7) is 2.73. The standard InChI is InChI=1S/C18H19N3O4/c1-2-15(22)11-20(13-6-4-3-5-7-13)12-18-19-16-10-14(21(23)24)8-9-17(16)25-18/h3-10,15,22H,2,11-12H2,1H3. The quantitative estimate of drug-likeness (QED) is 0.522. The van der Waals surface area contributed by atoms with Crippen LogP contribution in [0.15, 0.2) is 52.9 Å². The number of rotatable bonds is 7. The Morgan fingerprint density at radius 3 is 2.72 bits per heavy atom. The van der Waals surface area contributed by atoms with E-state index in [0.717, 1.165) is 5.69 Å². The lowest BCUT2D eigenvalue weighted by Gasteiger charge is -2.25.